The molecule has 0 aliphatic heterocycles. The smallest absolute Gasteiger partial charge is 0.251 e. The molecule has 21 heavy (non-hydrogen) atoms. The molecule has 2 aromatic rings. The van der Waals surface area contributed by atoms with Gasteiger partial charge < -0.3 is 10.1 Å². The molecule has 2 rings (SSSR count). The molecule has 1 N–H and O–H groups in total. The van der Waals surface area contributed by atoms with E-state index in [-0.39, 0.29) is 11.9 Å². The lowest BCUT2D eigenvalue weighted by Crippen LogP contribution is -2.27. The van der Waals surface area contributed by atoms with Gasteiger partial charge in [-0.3, -0.25) is 4.79 Å². The molecule has 1 aromatic heterocycles. The normalized spacial score (nSPS) is 12.2. The van der Waals surface area contributed by atoms with E-state index < -0.39 is 0 Å². The fourth-order valence-electron chi connectivity index (χ4n) is 2.26. The number of hydrogen-bond donors (Lipinski definition) is 1. The van der Waals surface area contributed by atoms with Gasteiger partial charge in [0.1, 0.15) is 0 Å². The first-order chi connectivity index (χ1) is 10.0. The summed E-state index contributed by atoms with van der Waals surface area (Å²) < 4.78 is 5.09. The number of aromatic nitrogens is 1. The van der Waals surface area contributed by atoms with E-state index >= 15 is 0 Å². The summed E-state index contributed by atoms with van der Waals surface area (Å²) in [6.07, 6.45) is 0. The van der Waals surface area contributed by atoms with Crippen LogP contribution in [0.4, 0.5) is 0 Å². The van der Waals surface area contributed by atoms with Gasteiger partial charge in [0.2, 0.25) is 0 Å². The van der Waals surface area contributed by atoms with Crippen LogP contribution in [-0.4, -0.2) is 18.0 Å². The zero-order chi connectivity index (χ0) is 15.4. The van der Waals surface area contributed by atoms with Crippen LogP contribution < -0.4 is 5.32 Å². The van der Waals surface area contributed by atoms with Gasteiger partial charge in [0.05, 0.1) is 23.4 Å². The molecular weight excluding hydrogens is 284 g/mol. The lowest BCUT2D eigenvalue weighted by Gasteiger charge is -2.13. The molecule has 5 heteroatoms. The van der Waals surface area contributed by atoms with Gasteiger partial charge in [-0.1, -0.05) is 12.1 Å². The predicted octanol–water partition coefficient (Wildman–Crippen LogP) is 3.40. The van der Waals surface area contributed by atoms with Crippen molar-refractivity contribution in [2.75, 3.05) is 7.11 Å². The van der Waals surface area contributed by atoms with E-state index in [1.54, 1.807) is 24.5 Å². The highest BCUT2D eigenvalue weighted by molar-refractivity contribution is 7.11. The maximum Gasteiger partial charge on any atom is 0.251 e. The second-order valence-corrected chi connectivity index (χ2v) is 6.41. The van der Waals surface area contributed by atoms with E-state index in [9.17, 15) is 4.79 Å². The van der Waals surface area contributed by atoms with Crippen molar-refractivity contribution in [3.05, 3.63) is 51.0 Å². The molecule has 1 heterocycles. The fraction of sp³-hybridized carbons (Fsp3) is 0.375. The van der Waals surface area contributed by atoms with Gasteiger partial charge in [0.25, 0.3) is 5.91 Å². The van der Waals surface area contributed by atoms with Crippen molar-refractivity contribution in [2.45, 2.75) is 33.4 Å². The summed E-state index contributed by atoms with van der Waals surface area (Å²) in [5.41, 5.74) is 2.57. The number of amides is 1. The molecule has 112 valence electrons. The number of nitrogens with one attached hydrogen (secondary N) is 1. The Kier molecular flexibility index (Phi) is 5.09. The van der Waals surface area contributed by atoms with Crippen molar-refractivity contribution in [1.82, 2.24) is 10.3 Å². The molecule has 0 fully saturated rings. The second-order valence-electron chi connectivity index (χ2n) is 5.00. The van der Waals surface area contributed by atoms with Crippen molar-refractivity contribution < 1.29 is 9.53 Å². The lowest BCUT2D eigenvalue weighted by atomic mass is 10.1. The van der Waals surface area contributed by atoms with Gasteiger partial charge in [0.15, 0.2) is 0 Å². The third-order valence-corrected chi connectivity index (χ3v) is 4.10. The van der Waals surface area contributed by atoms with Crippen molar-refractivity contribution in [2.24, 2.45) is 0 Å². The van der Waals surface area contributed by atoms with Crippen LogP contribution in [0.3, 0.4) is 0 Å². The molecule has 0 aliphatic rings. The maximum atomic E-state index is 12.3. The number of hydrogen-bond acceptors (Lipinski definition) is 4. The molecular formula is C16H20N2O2S. The summed E-state index contributed by atoms with van der Waals surface area (Å²) in [6, 6.07) is 7.36. The summed E-state index contributed by atoms with van der Waals surface area (Å²) in [5.74, 6) is -0.0921. The van der Waals surface area contributed by atoms with E-state index in [4.69, 9.17) is 4.74 Å². The molecule has 0 unspecified atom stereocenters. The molecule has 0 radical (unpaired) electrons. The van der Waals surface area contributed by atoms with Gasteiger partial charge in [-0.05, 0) is 38.5 Å². The van der Waals surface area contributed by atoms with Crippen molar-refractivity contribution in [3.8, 4) is 0 Å². The fourth-order valence-corrected chi connectivity index (χ4v) is 3.18. The van der Waals surface area contributed by atoms with Gasteiger partial charge in [-0.2, -0.15) is 0 Å². The number of methoxy groups -OCH3 is 1. The van der Waals surface area contributed by atoms with Crippen molar-refractivity contribution in [1.29, 1.82) is 0 Å². The number of ether oxygens (including phenoxy) is 1. The molecule has 1 aromatic carbocycles. The molecule has 0 saturated carbocycles. The average molecular weight is 304 g/mol. The van der Waals surface area contributed by atoms with Crippen LogP contribution >= 0.6 is 11.3 Å². The number of rotatable bonds is 5. The van der Waals surface area contributed by atoms with E-state index in [2.05, 4.69) is 10.3 Å². The third kappa shape index (κ3) is 3.89. The van der Waals surface area contributed by atoms with Crippen LogP contribution in [0.5, 0.6) is 0 Å². The van der Waals surface area contributed by atoms with E-state index in [0.717, 1.165) is 21.1 Å². The van der Waals surface area contributed by atoms with Gasteiger partial charge >= 0.3 is 0 Å². The number of thiazole rings is 1. The number of carbonyl (C=O) groups excluding carboxylic acids is 1. The zero-order valence-electron chi connectivity index (χ0n) is 12.8. The summed E-state index contributed by atoms with van der Waals surface area (Å²) in [5, 5.41) is 4.02. The summed E-state index contributed by atoms with van der Waals surface area (Å²) in [6.45, 7) is 6.46. The van der Waals surface area contributed by atoms with Gasteiger partial charge in [-0.15, -0.1) is 11.3 Å². The van der Waals surface area contributed by atoms with E-state index in [1.807, 2.05) is 39.0 Å². The Labute approximate surface area is 129 Å². The highest BCUT2D eigenvalue weighted by Crippen LogP contribution is 2.22. The first kappa shape index (κ1) is 15.7. The van der Waals surface area contributed by atoms with Crippen LogP contribution in [0.25, 0.3) is 0 Å². The molecule has 0 bridgehead atoms. The zero-order valence-corrected chi connectivity index (χ0v) is 13.6. The van der Waals surface area contributed by atoms with Gasteiger partial charge in [-0.25, -0.2) is 4.98 Å². The Balaban J connectivity index is 2.10. The van der Waals surface area contributed by atoms with Crippen LogP contribution in [-0.2, 0) is 11.3 Å². The summed E-state index contributed by atoms with van der Waals surface area (Å²) in [7, 11) is 1.64. The summed E-state index contributed by atoms with van der Waals surface area (Å²) in [4.78, 5) is 18.0. The molecule has 1 amide bonds. The SMILES string of the molecule is COCc1cccc(C(=O)N[C@H](C)c2nc(C)sc2C)c1. The monoisotopic (exact) mass is 304 g/mol. The Bertz CT molecular complexity index is 637. The van der Waals surface area contributed by atoms with Crippen molar-refractivity contribution in [3.63, 3.8) is 0 Å². The molecule has 0 spiro atoms. The van der Waals surface area contributed by atoms with E-state index in [0.29, 0.717) is 12.2 Å². The quantitative estimate of drug-likeness (QED) is 0.921. The summed E-state index contributed by atoms with van der Waals surface area (Å²) >= 11 is 1.65. The van der Waals surface area contributed by atoms with Crippen LogP contribution in [0.2, 0.25) is 0 Å². The lowest BCUT2D eigenvalue weighted by molar-refractivity contribution is 0.0939. The highest BCUT2D eigenvalue weighted by atomic mass is 32.1. The second kappa shape index (κ2) is 6.83. The Hall–Kier alpha value is -1.72. The Morgan fingerprint density at radius 1 is 1.43 bits per heavy atom. The Morgan fingerprint density at radius 2 is 2.19 bits per heavy atom. The minimum atomic E-state index is -0.103. The molecule has 1 atom stereocenters. The topological polar surface area (TPSA) is 51.2 Å². The Morgan fingerprint density at radius 3 is 2.81 bits per heavy atom. The minimum Gasteiger partial charge on any atom is -0.380 e. The van der Waals surface area contributed by atoms with Crippen LogP contribution in [0.1, 0.15) is 44.5 Å². The first-order valence-corrected chi connectivity index (χ1v) is 7.65. The van der Waals surface area contributed by atoms with Crippen LogP contribution in [0, 0.1) is 13.8 Å². The number of carbonyl (C=O) groups is 1. The third-order valence-electron chi connectivity index (χ3n) is 3.20. The number of benzene rings is 1. The average Bonchev–Trinajstić information content (AvgIpc) is 2.78. The molecule has 0 aliphatic carbocycles. The molecule has 0 saturated heterocycles. The largest absolute Gasteiger partial charge is 0.380 e. The van der Waals surface area contributed by atoms with E-state index in [1.165, 1.54) is 0 Å². The number of nitrogens with zero attached hydrogens (tertiary/aromatic N) is 1. The predicted molar refractivity (Wildman–Crippen MR) is 84.6 cm³/mol. The highest BCUT2D eigenvalue weighted by Gasteiger charge is 2.16. The van der Waals surface area contributed by atoms with Crippen LogP contribution in [0.15, 0.2) is 24.3 Å². The number of aryl methyl sites for hydroxylation is 2. The maximum absolute atomic E-state index is 12.3. The standard InChI is InChI=1S/C16H20N2O2S/c1-10(15-11(2)21-12(3)18-15)17-16(19)14-7-5-6-13(8-14)9-20-4/h5-8,10H,9H2,1-4H3,(H,17,19)/t10-/m1/s1. The first-order valence-electron chi connectivity index (χ1n) is 6.84. The van der Waals surface area contributed by atoms with Gasteiger partial charge in [0, 0.05) is 17.6 Å². The minimum absolute atomic E-state index is 0.0921. The molecule has 4 nitrogen and oxygen atoms in total. The van der Waals surface area contributed by atoms with Crippen molar-refractivity contribution >= 4 is 17.2 Å².